The average molecular weight is 619 g/mol. The standard InChI is InChI=1S/C12H20N4S3.C11H18N4S3/c1-13-11(14-2)17-7-9-5-6-10(19-9)8-18-12(15-3)16-4;1-13-10(12)16-6-8-4-5-9(18-8)7-17-11(14-2)15-3/h5-6H,7-8H2,1-4H3,(H,13,14)(H,15,16);4-5H,6-7H2,1-3H3,(H2,12,13)(H,14,15). The van der Waals surface area contributed by atoms with Gasteiger partial charge < -0.3 is 21.7 Å². The van der Waals surface area contributed by atoms with Gasteiger partial charge in [0.25, 0.3) is 0 Å². The molecule has 2 aromatic heterocycles. The second kappa shape index (κ2) is 20.6. The number of amidine groups is 4. The van der Waals surface area contributed by atoms with Crippen LogP contribution in [0.15, 0.2) is 44.2 Å². The molecular formula is C23H38N8S6. The van der Waals surface area contributed by atoms with E-state index in [-0.39, 0.29) is 0 Å². The van der Waals surface area contributed by atoms with Gasteiger partial charge in [-0.1, -0.05) is 47.0 Å². The van der Waals surface area contributed by atoms with Gasteiger partial charge in [-0.25, -0.2) is 0 Å². The maximum atomic E-state index is 5.65. The van der Waals surface area contributed by atoms with Gasteiger partial charge in [-0.15, -0.1) is 22.7 Å². The van der Waals surface area contributed by atoms with Crippen molar-refractivity contribution in [3.05, 3.63) is 43.8 Å². The molecule has 14 heteroatoms. The molecule has 0 atom stereocenters. The van der Waals surface area contributed by atoms with Crippen molar-refractivity contribution in [3.63, 3.8) is 0 Å². The first-order chi connectivity index (χ1) is 17.9. The molecule has 5 N–H and O–H groups in total. The average Bonchev–Trinajstić information content (AvgIpc) is 3.59. The summed E-state index contributed by atoms with van der Waals surface area (Å²) < 4.78 is 0. The first-order valence-electron chi connectivity index (χ1n) is 11.2. The molecule has 0 radical (unpaired) electrons. The minimum Gasteiger partial charge on any atom is -0.379 e. The van der Waals surface area contributed by atoms with Crippen LogP contribution in [0.5, 0.6) is 0 Å². The van der Waals surface area contributed by atoms with E-state index >= 15 is 0 Å². The Bertz CT molecular complexity index is 990. The summed E-state index contributed by atoms with van der Waals surface area (Å²) in [5.41, 5.74) is 5.65. The van der Waals surface area contributed by atoms with Gasteiger partial charge in [-0.2, -0.15) is 0 Å². The van der Waals surface area contributed by atoms with Crippen molar-refractivity contribution in [2.24, 2.45) is 25.7 Å². The number of nitrogens with zero attached hydrogens (tertiary/aromatic N) is 4. The molecular weight excluding hydrogens is 581 g/mol. The predicted molar refractivity (Wildman–Crippen MR) is 179 cm³/mol. The van der Waals surface area contributed by atoms with Crippen molar-refractivity contribution in [2.75, 3.05) is 49.3 Å². The van der Waals surface area contributed by atoms with E-state index in [2.05, 4.69) is 60.2 Å². The lowest BCUT2D eigenvalue weighted by Gasteiger charge is -2.03. The van der Waals surface area contributed by atoms with Crippen LogP contribution in [0.3, 0.4) is 0 Å². The number of thioether (sulfide) groups is 4. The molecule has 0 saturated carbocycles. The van der Waals surface area contributed by atoms with Crippen molar-refractivity contribution in [1.29, 1.82) is 0 Å². The van der Waals surface area contributed by atoms with E-state index in [0.29, 0.717) is 5.17 Å². The van der Waals surface area contributed by atoms with Crippen molar-refractivity contribution in [2.45, 2.75) is 23.0 Å². The predicted octanol–water partition coefficient (Wildman–Crippen LogP) is 4.99. The van der Waals surface area contributed by atoms with Gasteiger partial charge in [0.15, 0.2) is 20.7 Å². The Morgan fingerprint density at radius 2 is 0.892 bits per heavy atom. The van der Waals surface area contributed by atoms with Crippen LogP contribution >= 0.6 is 69.7 Å². The van der Waals surface area contributed by atoms with E-state index in [1.807, 2.05) is 43.8 Å². The molecule has 0 aliphatic heterocycles. The monoisotopic (exact) mass is 618 g/mol. The molecule has 0 saturated heterocycles. The molecule has 8 nitrogen and oxygen atoms in total. The Labute approximate surface area is 246 Å². The molecule has 2 rings (SSSR count). The summed E-state index contributed by atoms with van der Waals surface area (Å²) >= 11 is 10.4. The number of hydrogen-bond donors (Lipinski definition) is 4. The third-order valence-corrected chi connectivity index (χ3v) is 11.5. The van der Waals surface area contributed by atoms with Crippen LogP contribution in [0.25, 0.3) is 0 Å². The van der Waals surface area contributed by atoms with Gasteiger partial charge in [-0.3, -0.25) is 20.0 Å². The number of thiophene rings is 2. The Morgan fingerprint density at radius 1 is 0.595 bits per heavy atom. The zero-order valence-corrected chi connectivity index (χ0v) is 27.4. The van der Waals surface area contributed by atoms with Gasteiger partial charge in [0.05, 0.1) is 0 Å². The van der Waals surface area contributed by atoms with E-state index < -0.39 is 0 Å². The zero-order valence-electron chi connectivity index (χ0n) is 22.5. The molecule has 0 aliphatic carbocycles. The summed E-state index contributed by atoms with van der Waals surface area (Å²) in [5, 5.41) is 12.7. The van der Waals surface area contributed by atoms with Gasteiger partial charge in [-0.05, 0) is 24.3 Å². The lowest BCUT2D eigenvalue weighted by molar-refractivity contribution is 1.18. The summed E-state index contributed by atoms with van der Waals surface area (Å²) in [6.45, 7) is 0. The lowest BCUT2D eigenvalue weighted by Crippen LogP contribution is -2.13. The van der Waals surface area contributed by atoms with Crippen LogP contribution in [0.4, 0.5) is 0 Å². The first kappa shape index (κ1) is 33.7. The highest BCUT2D eigenvalue weighted by Gasteiger charge is 2.05. The number of nitrogens with two attached hydrogens (primary N) is 1. The van der Waals surface area contributed by atoms with E-state index in [1.54, 1.807) is 75.2 Å². The van der Waals surface area contributed by atoms with Crippen molar-refractivity contribution in [3.8, 4) is 0 Å². The molecule has 0 bridgehead atoms. The van der Waals surface area contributed by atoms with Gasteiger partial charge in [0.1, 0.15) is 0 Å². The molecule has 0 aromatic carbocycles. The number of hydrogen-bond acceptors (Lipinski definition) is 10. The fourth-order valence-corrected chi connectivity index (χ4v) is 7.86. The van der Waals surface area contributed by atoms with Crippen LogP contribution in [-0.2, 0) is 23.0 Å². The summed E-state index contributed by atoms with van der Waals surface area (Å²) in [6.07, 6.45) is 0. The molecule has 37 heavy (non-hydrogen) atoms. The third-order valence-electron chi connectivity index (χ3n) is 4.32. The molecule has 0 aliphatic rings. The van der Waals surface area contributed by atoms with E-state index in [9.17, 15) is 0 Å². The summed E-state index contributed by atoms with van der Waals surface area (Å²) in [5.74, 6) is 3.76. The number of rotatable bonds is 8. The minimum atomic E-state index is 0.634. The molecule has 0 fully saturated rings. The highest BCUT2D eigenvalue weighted by atomic mass is 32.2. The largest absolute Gasteiger partial charge is 0.379 e. The Balaban J connectivity index is 0.000000371. The molecule has 0 amide bonds. The van der Waals surface area contributed by atoms with Crippen molar-refractivity contribution in [1.82, 2.24) is 16.0 Å². The van der Waals surface area contributed by atoms with Crippen LogP contribution in [0.2, 0.25) is 0 Å². The van der Waals surface area contributed by atoms with Crippen LogP contribution in [0.1, 0.15) is 19.5 Å². The van der Waals surface area contributed by atoms with E-state index in [0.717, 1.165) is 38.5 Å². The Hall–Kier alpha value is -1.32. The van der Waals surface area contributed by atoms with Gasteiger partial charge in [0.2, 0.25) is 0 Å². The topological polar surface area (TPSA) is 112 Å². The highest BCUT2D eigenvalue weighted by Crippen LogP contribution is 2.26. The molecule has 2 heterocycles. The summed E-state index contributed by atoms with van der Waals surface area (Å²) in [6, 6.07) is 8.70. The fraction of sp³-hybridized carbons (Fsp3) is 0.478. The van der Waals surface area contributed by atoms with Crippen molar-refractivity contribution >= 4 is 90.4 Å². The maximum absolute atomic E-state index is 5.65. The van der Waals surface area contributed by atoms with E-state index in [1.165, 1.54) is 19.5 Å². The van der Waals surface area contributed by atoms with Gasteiger partial charge in [0, 0.05) is 91.9 Å². The quantitative estimate of drug-likeness (QED) is 0.242. The molecule has 2 aromatic rings. The smallest absolute Gasteiger partial charge is 0.156 e. The van der Waals surface area contributed by atoms with Crippen molar-refractivity contribution < 1.29 is 0 Å². The molecule has 206 valence electrons. The van der Waals surface area contributed by atoms with Crippen LogP contribution in [-0.4, -0.2) is 70.0 Å². The number of aliphatic imine (C=N–C) groups is 4. The maximum Gasteiger partial charge on any atom is 0.156 e. The second-order valence-corrected chi connectivity index (χ2v) is 13.2. The second-order valence-electron chi connectivity index (χ2n) is 6.79. The Morgan fingerprint density at radius 3 is 1.14 bits per heavy atom. The van der Waals surface area contributed by atoms with Crippen LogP contribution in [0, 0.1) is 0 Å². The summed E-state index contributed by atoms with van der Waals surface area (Å²) in [4.78, 5) is 21.8. The molecule has 0 unspecified atom stereocenters. The van der Waals surface area contributed by atoms with Gasteiger partial charge >= 0.3 is 0 Å². The number of nitrogens with one attached hydrogen (secondary N) is 3. The Kier molecular flexibility index (Phi) is 18.8. The first-order valence-corrected chi connectivity index (χ1v) is 16.8. The summed E-state index contributed by atoms with van der Waals surface area (Å²) in [7, 11) is 12.8. The minimum absolute atomic E-state index is 0.634. The SMILES string of the molecule is CN=C(N)SCc1ccc(CSC(=NC)NC)s1.CN=C(NC)SCc1ccc(CSC(=NC)NC)s1. The fourth-order valence-electron chi connectivity index (χ4n) is 2.53. The third kappa shape index (κ3) is 14.4. The highest BCUT2D eigenvalue weighted by molar-refractivity contribution is 8.14. The van der Waals surface area contributed by atoms with Crippen LogP contribution < -0.4 is 21.7 Å². The molecule has 0 spiro atoms. The van der Waals surface area contributed by atoms with E-state index in [4.69, 9.17) is 5.73 Å². The normalized spacial score (nSPS) is 12.7. The zero-order chi connectivity index (χ0) is 27.5. The lowest BCUT2D eigenvalue weighted by atomic mass is 10.5.